The fraction of sp³-hybridized carbons (Fsp3) is 0.500. The minimum absolute atomic E-state index is 0. The van der Waals surface area contributed by atoms with Gasteiger partial charge in [-0.2, -0.15) is 0 Å². The molecule has 7 heteroatoms. The van der Waals surface area contributed by atoms with Crippen molar-refractivity contribution in [1.29, 1.82) is 0 Å². The van der Waals surface area contributed by atoms with E-state index in [1.54, 1.807) is 0 Å². The molecule has 0 aromatic rings. The largest absolute Gasteiger partial charge is 1.00 e. The Morgan fingerprint density at radius 3 is 1.55 bits per heavy atom. The predicted octanol–water partition coefficient (Wildman–Crippen LogP) is -7.79. The van der Waals surface area contributed by atoms with Crippen molar-refractivity contribution in [2.24, 2.45) is 11.5 Å². The number of carbonyl (C=O) groups is 2. The fourth-order valence-corrected chi connectivity index (χ4v) is 0.210. The maximum atomic E-state index is 10.2. The van der Waals surface area contributed by atoms with Gasteiger partial charge in [0.25, 0.3) is 0 Å². The Morgan fingerprint density at radius 1 is 1.09 bits per heavy atom. The standard InChI is InChI=1S/C4H8N2O3.2Na.2H/c5-1-3(7)9-4(8)2-6;;;;/h1-2,5-6H2;;;;/q;2*+1;2*-1. The van der Waals surface area contributed by atoms with E-state index in [9.17, 15) is 9.59 Å². The molecule has 0 fully saturated rings. The Bertz CT molecular complexity index is 125. The monoisotopic (exact) mass is 180 g/mol. The van der Waals surface area contributed by atoms with Crippen LogP contribution in [0.15, 0.2) is 0 Å². The van der Waals surface area contributed by atoms with Crippen molar-refractivity contribution in [1.82, 2.24) is 0 Å². The van der Waals surface area contributed by atoms with E-state index < -0.39 is 11.9 Å². The number of rotatable bonds is 2. The summed E-state index contributed by atoms with van der Waals surface area (Å²) in [7, 11) is 0. The molecular weight excluding hydrogens is 170 g/mol. The van der Waals surface area contributed by atoms with Gasteiger partial charge in [0.05, 0.1) is 13.1 Å². The molecule has 0 aliphatic carbocycles. The third kappa shape index (κ3) is 11.1. The van der Waals surface area contributed by atoms with Gasteiger partial charge in [0.2, 0.25) is 0 Å². The molecule has 0 aromatic carbocycles. The zero-order valence-electron chi connectivity index (χ0n) is 8.79. The van der Waals surface area contributed by atoms with Crippen molar-refractivity contribution in [3.8, 4) is 0 Å². The summed E-state index contributed by atoms with van der Waals surface area (Å²) in [5.74, 6) is -1.52. The molecule has 0 saturated carbocycles. The molecule has 0 heterocycles. The van der Waals surface area contributed by atoms with E-state index in [4.69, 9.17) is 11.5 Å². The molecular formula is C4H10N2Na2O3. The minimum Gasteiger partial charge on any atom is -1.00 e. The van der Waals surface area contributed by atoms with Crippen LogP contribution in [-0.2, 0) is 14.3 Å². The van der Waals surface area contributed by atoms with Gasteiger partial charge in [-0.15, -0.1) is 0 Å². The molecule has 0 spiro atoms. The van der Waals surface area contributed by atoms with Crippen molar-refractivity contribution in [2.75, 3.05) is 13.1 Å². The first-order valence-corrected chi connectivity index (χ1v) is 2.34. The van der Waals surface area contributed by atoms with E-state index in [2.05, 4.69) is 4.74 Å². The van der Waals surface area contributed by atoms with E-state index >= 15 is 0 Å². The molecule has 0 amide bonds. The molecule has 5 nitrogen and oxygen atoms in total. The first kappa shape index (κ1) is 18.0. The Labute approximate surface area is 112 Å². The Balaban J connectivity index is -0.0000000533. The van der Waals surface area contributed by atoms with Gasteiger partial charge in [-0.25, -0.2) is 0 Å². The minimum atomic E-state index is -0.759. The number of carbonyl (C=O) groups excluding carboxylic acids is 2. The molecule has 0 bridgehead atoms. The fourth-order valence-electron chi connectivity index (χ4n) is 0.210. The topological polar surface area (TPSA) is 95.4 Å². The van der Waals surface area contributed by atoms with E-state index in [0.717, 1.165) is 0 Å². The smallest absolute Gasteiger partial charge is 1.00 e. The summed E-state index contributed by atoms with van der Waals surface area (Å²) in [5.41, 5.74) is 9.61. The van der Waals surface area contributed by atoms with Crippen LogP contribution in [-0.4, -0.2) is 25.0 Å². The molecule has 0 rings (SSSR count). The van der Waals surface area contributed by atoms with Gasteiger partial charge in [0, 0.05) is 0 Å². The van der Waals surface area contributed by atoms with Gasteiger partial charge in [-0.05, 0) is 0 Å². The van der Waals surface area contributed by atoms with E-state index in [0.29, 0.717) is 0 Å². The van der Waals surface area contributed by atoms with Crippen molar-refractivity contribution in [2.45, 2.75) is 0 Å². The van der Waals surface area contributed by atoms with Crippen LogP contribution < -0.4 is 70.6 Å². The maximum absolute atomic E-state index is 10.2. The van der Waals surface area contributed by atoms with Crippen LogP contribution >= 0.6 is 0 Å². The van der Waals surface area contributed by atoms with E-state index in [-0.39, 0.29) is 75.1 Å². The van der Waals surface area contributed by atoms with Crippen LogP contribution in [0.1, 0.15) is 2.85 Å². The third-order valence-corrected chi connectivity index (χ3v) is 0.561. The van der Waals surface area contributed by atoms with Crippen molar-refractivity contribution in [3.05, 3.63) is 0 Å². The number of esters is 2. The van der Waals surface area contributed by atoms with Crippen molar-refractivity contribution in [3.63, 3.8) is 0 Å². The molecule has 4 N–H and O–H groups in total. The molecule has 0 aliphatic rings. The molecule has 0 radical (unpaired) electrons. The first-order valence-electron chi connectivity index (χ1n) is 2.34. The summed E-state index contributed by atoms with van der Waals surface area (Å²) < 4.78 is 4.02. The van der Waals surface area contributed by atoms with Crippen LogP contribution in [0, 0.1) is 0 Å². The summed E-state index contributed by atoms with van der Waals surface area (Å²) in [6.45, 7) is -0.600. The van der Waals surface area contributed by atoms with Gasteiger partial charge in [-0.3, -0.25) is 9.59 Å². The van der Waals surface area contributed by atoms with Gasteiger partial charge in [0.15, 0.2) is 0 Å². The summed E-state index contributed by atoms with van der Waals surface area (Å²) in [5, 5.41) is 0. The van der Waals surface area contributed by atoms with Crippen molar-refractivity contribution >= 4 is 11.9 Å². The molecule has 0 atom stereocenters. The quantitative estimate of drug-likeness (QED) is 0.250. The molecule has 0 unspecified atom stereocenters. The average molecular weight is 180 g/mol. The summed E-state index contributed by atoms with van der Waals surface area (Å²) in [6.07, 6.45) is 0. The Hall–Kier alpha value is 1.06. The molecule has 0 aromatic heterocycles. The second-order valence-corrected chi connectivity index (χ2v) is 1.25. The SMILES string of the molecule is NCC(=O)OC(=O)CN.[H-].[H-].[Na+].[Na+]. The van der Waals surface area contributed by atoms with Crippen LogP contribution in [0.3, 0.4) is 0 Å². The summed E-state index contributed by atoms with van der Waals surface area (Å²) in [6, 6.07) is 0. The molecule has 0 aliphatic heterocycles. The molecule has 56 valence electrons. The van der Waals surface area contributed by atoms with Crippen LogP contribution in [0.25, 0.3) is 0 Å². The number of nitrogens with two attached hydrogens (primary N) is 2. The van der Waals surface area contributed by atoms with Crippen LogP contribution in [0.2, 0.25) is 0 Å². The van der Waals surface area contributed by atoms with Gasteiger partial charge >= 0.3 is 71.1 Å². The van der Waals surface area contributed by atoms with Crippen LogP contribution in [0.4, 0.5) is 0 Å². The zero-order chi connectivity index (χ0) is 7.28. The van der Waals surface area contributed by atoms with E-state index in [1.165, 1.54) is 0 Å². The molecule has 0 saturated heterocycles. The Morgan fingerprint density at radius 2 is 1.36 bits per heavy atom. The third-order valence-electron chi connectivity index (χ3n) is 0.561. The second kappa shape index (κ2) is 11.1. The van der Waals surface area contributed by atoms with Crippen molar-refractivity contribution < 1.29 is 76.3 Å². The van der Waals surface area contributed by atoms with Crippen LogP contribution in [0.5, 0.6) is 0 Å². The second-order valence-electron chi connectivity index (χ2n) is 1.25. The normalized spacial score (nSPS) is 7.09. The molecule has 11 heavy (non-hydrogen) atoms. The summed E-state index contributed by atoms with van der Waals surface area (Å²) in [4.78, 5) is 20.3. The van der Waals surface area contributed by atoms with E-state index in [1.807, 2.05) is 0 Å². The summed E-state index contributed by atoms with van der Waals surface area (Å²) >= 11 is 0. The van der Waals surface area contributed by atoms with Gasteiger partial charge < -0.3 is 19.1 Å². The number of ether oxygens (including phenoxy) is 1. The van der Waals surface area contributed by atoms with Gasteiger partial charge in [0.1, 0.15) is 0 Å². The predicted molar refractivity (Wildman–Crippen MR) is 31.4 cm³/mol. The first-order chi connectivity index (χ1) is 4.20. The number of hydrogen-bond donors (Lipinski definition) is 2. The maximum Gasteiger partial charge on any atom is 1.00 e. The van der Waals surface area contributed by atoms with Gasteiger partial charge in [-0.1, -0.05) is 0 Å². The zero-order valence-corrected chi connectivity index (χ0v) is 10.8. The number of hydrogen-bond acceptors (Lipinski definition) is 5. The Kier molecular flexibility index (Phi) is 18.1. The average Bonchev–Trinajstić information content (AvgIpc) is 1.87.